The Bertz CT molecular complexity index is 942. The topological polar surface area (TPSA) is 69.0 Å². The van der Waals surface area contributed by atoms with Gasteiger partial charge in [0.15, 0.2) is 5.78 Å². The summed E-state index contributed by atoms with van der Waals surface area (Å²) >= 11 is 3.57. The molecule has 0 atom stereocenters. The molecule has 6 heteroatoms. The minimum atomic E-state index is 0.174. The van der Waals surface area contributed by atoms with Crippen molar-refractivity contribution in [3.05, 3.63) is 34.4 Å². The van der Waals surface area contributed by atoms with Crippen LogP contribution in [0.25, 0.3) is 10.9 Å². The van der Waals surface area contributed by atoms with Gasteiger partial charge in [-0.1, -0.05) is 15.9 Å². The predicted octanol–water partition coefficient (Wildman–Crippen LogP) is 5.02. The average molecular weight is 455 g/mol. The highest BCUT2D eigenvalue weighted by Gasteiger charge is 2.33. The number of Topliss-reactive ketones (excluding diaryl/α,β-unsaturated/α-hetero) is 1. The van der Waals surface area contributed by atoms with Crippen LogP contribution in [-0.2, 0) is 0 Å². The Kier molecular flexibility index (Phi) is 6.17. The Hall–Kier alpha value is -1.97. The van der Waals surface area contributed by atoms with Gasteiger partial charge < -0.3 is 5.32 Å². The fourth-order valence-electron chi connectivity index (χ4n) is 4.39. The van der Waals surface area contributed by atoms with Crippen molar-refractivity contribution in [2.75, 3.05) is 25.5 Å². The second kappa shape index (κ2) is 8.81. The number of nitriles is 1. The summed E-state index contributed by atoms with van der Waals surface area (Å²) < 4.78 is 0.995. The summed E-state index contributed by atoms with van der Waals surface area (Å²) in [6.45, 7) is 1.47. The van der Waals surface area contributed by atoms with Gasteiger partial charge in [-0.25, -0.2) is 0 Å². The molecule has 2 aromatic rings. The lowest BCUT2D eigenvalue weighted by atomic mass is 9.85. The molecule has 0 bridgehead atoms. The number of ketones is 1. The number of halogens is 1. The predicted molar refractivity (Wildman–Crippen MR) is 119 cm³/mol. The van der Waals surface area contributed by atoms with Gasteiger partial charge in [-0.15, -0.1) is 0 Å². The number of carbonyl (C=O) groups is 1. The quantitative estimate of drug-likeness (QED) is 0.469. The molecule has 2 aliphatic carbocycles. The van der Waals surface area contributed by atoms with Crippen LogP contribution in [0.2, 0.25) is 0 Å². The zero-order chi connectivity index (χ0) is 20.4. The molecule has 5 nitrogen and oxygen atoms in total. The largest absolute Gasteiger partial charge is 0.381 e. The number of aromatic nitrogens is 1. The van der Waals surface area contributed by atoms with E-state index in [0.29, 0.717) is 18.5 Å². The molecule has 0 aliphatic heterocycles. The molecule has 0 radical (unpaired) electrons. The maximum Gasteiger partial charge on any atom is 0.169 e. The van der Waals surface area contributed by atoms with Crippen LogP contribution in [-0.4, -0.2) is 41.8 Å². The molecule has 1 aromatic carbocycles. The summed E-state index contributed by atoms with van der Waals surface area (Å²) in [5.41, 5.74) is 2.61. The van der Waals surface area contributed by atoms with Gasteiger partial charge in [-0.2, -0.15) is 5.26 Å². The lowest BCUT2D eigenvalue weighted by molar-refractivity contribution is 0.0968. The van der Waals surface area contributed by atoms with Crippen LogP contribution in [0.3, 0.4) is 0 Å². The van der Waals surface area contributed by atoms with Crippen molar-refractivity contribution in [3.63, 3.8) is 0 Å². The summed E-state index contributed by atoms with van der Waals surface area (Å²) in [6.07, 6.45) is 8.21. The Morgan fingerprint density at radius 3 is 2.72 bits per heavy atom. The van der Waals surface area contributed by atoms with Crippen molar-refractivity contribution in [3.8, 4) is 6.07 Å². The second-order valence-electron chi connectivity index (χ2n) is 8.56. The number of hydrogen-bond acceptors (Lipinski definition) is 5. The Morgan fingerprint density at radius 2 is 2.03 bits per heavy atom. The highest BCUT2D eigenvalue weighted by Crippen LogP contribution is 2.38. The third-order valence-electron chi connectivity index (χ3n) is 6.15. The number of hydrogen-bond donors (Lipinski definition) is 1. The summed E-state index contributed by atoms with van der Waals surface area (Å²) in [7, 11) is 2.02. The van der Waals surface area contributed by atoms with E-state index >= 15 is 0 Å². The number of nitrogens with one attached hydrogen (secondary N) is 1. The summed E-state index contributed by atoms with van der Waals surface area (Å²) in [4.78, 5) is 19.6. The van der Waals surface area contributed by atoms with Gasteiger partial charge >= 0.3 is 0 Å². The first-order valence-electron chi connectivity index (χ1n) is 10.5. The minimum Gasteiger partial charge on any atom is -0.381 e. The van der Waals surface area contributed by atoms with Crippen molar-refractivity contribution in [1.29, 1.82) is 5.26 Å². The van der Waals surface area contributed by atoms with Gasteiger partial charge in [0.25, 0.3) is 0 Å². The van der Waals surface area contributed by atoms with Crippen LogP contribution in [0.5, 0.6) is 0 Å². The van der Waals surface area contributed by atoms with E-state index in [1.54, 1.807) is 6.20 Å². The van der Waals surface area contributed by atoms with Gasteiger partial charge in [-0.05, 0) is 69.7 Å². The lowest BCUT2D eigenvalue weighted by Gasteiger charge is -2.32. The first-order chi connectivity index (χ1) is 14.0. The molecule has 1 aromatic heterocycles. The van der Waals surface area contributed by atoms with Gasteiger partial charge in [-0.3, -0.25) is 14.7 Å². The molecule has 0 saturated heterocycles. The highest BCUT2D eigenvalue weighted by molar-refractivity contribution is 9.10. The van der Waals surface area contributed by atoms with Gasteiger partial charge in [0.05, 0.1) is 29.4 Å². The fraction of sp³-hybridized carbons (Fsp3) is 0.522. The van der Waals surface area contributed by atoms with Crippen LogP contribution >= 0.6 is 15.9 Å². The van der Waals surface area contributed by atoms with Crippen LogP contribution in [0.15, 0.2) is 28.9 Å². The standard InChI is InChI=1S/C23H27BrN4O/c1-28(11-10-25)14-15-2-7-18(8-3-15)27-22-19-12-17(24)6-9-21(19)26-13-20(22)23(29)16-4-5-16/h6,9,12-13,15-16,18H,2-5,7-8,11,14H2,1H3,(H,26,27)/t15-,18-. The van der Waals surface area contributed by atoms with Crippen molar-refractivity contribution >= 4 is 38.3 Å². The van der Waals surface area contributed by atoms with Gasteiger partial charge in [0.2, 0.25) is 0 Å². The number of benzene rings is 1. The van der Waals surface area contributed by atoms with Gasteiger partial charge in [0, 0.05) is 34.6 Å². The van der Waals surface area contributed by atoms with E-state index in [0.717, 1.165) is 71.7 Å². The van der Waals surface area contributed by atoms with E-state index in [4.69, 9.17) is 5.26 Å². The molecule has 1 heterocycles. The highest BCUT2D eigenvalue weighted by atomic mass is 79.9. The Morgan fingerprint density at radius 1 is 1.28 bits per heavy atom. The van der Waals surface area contributed by atoms with E-state index in [1.807, 2.05) is 19.2 Å². The molecule has 1 N–H and O–H groups in total. The van der Waals surface area contributed by atoms with E-state index in [1.165, 1.54) is 0 Å². The average Bonchev–Trinajstić information content (AvgIpc) is 3.55. The van der Waals surface area contributed by atoms with Gasteiger partial charge in [0.1, 0.15) is 0 Å². The summed E-state index contributed by atoms with van der Waals surface area (Å²) in [6, 6.07) is 8.64. The zero-order valence-corrected chi connectivity index (χ0v) is 18.4. The molecular weight excluding hydrogens is 428 g/mol. The van der Waals surface area contributed by atoms with Crippen LogP contribution < -0.4 is 5.32 Å². The van der Waals surface area contributed by atoms with Crippen molar-refractivity contribution in [1.82, 2.24) is 9.88 Å². The van der Waals surface area contributed by atoms with Crippen LogP contribution in [0, 0.1) is 23.2 Å². The Labute approximate surface area is 180 Å². The first kappa shape index (κ1) is 20.3. The normalized spacial score (nSPS) is 21.9. The van der Waals surface area contributed by atoms with Crippen molar-refractivity contribution in [2.45, 2.75) is 44.6 Å². The van der Waals surface area contributed by atoms with E-state index in [9.17, 15) is 4.79 Å². The second-order valence-corrected chi connectivity index (χ2v) is 9.48. The number of fused-ring (bicyclic) bond motifs is 1. The van der Waals surface area contributed by atoms with E-state index in [2.05, 4.69) is 43.3 Å². The number of nitrogens with zero attached hydrogens (tertiary/aromatic N) is 3. The number of pyridine rings is 1. The summed E-state index contributed by atoms with van der Waals surface area (Å²) in [5, 5.41) is 13.6. The van der Waals surface area contributed by atoms with E-state index < -0.39 is 0 Å². The molecule has 2 saturated carbocycles. The molecule has 2 fully saturated rings. The molecule has 0 amide bonds. The lowest BCUT2D eigenvalue weighted by Crippen LogP contribution is -2.32. The number of carbonyl (C=O) groups excluding carboxylic acids is 1. The summed E-state index contributed by atoms with van der Waals surface area (Å²) in [5.74, 6) is 1.05. The molecular formula is C23H27BrN4O. The van der Waals surface area contributed by atoms with Crippen LogP contribution in [0.1, 0.15) is 48.9 Å². The first-order valence-corrected chi connectivity index (χ1v) is 11.3. The number of anilines is 1. The third-order valence-corrected chi connectivity index (χ3v) is 6.64. The Balaban J connectivity index is 1.53. The van der Waals surface area contributed by atoms with Crippen molar-refractivity contribution in [2.24, 2.45) is 11.8 Å². The molecule has 152 valence electrons. The minimum absolute atomic E-state index is 0.174. The molecule has 4 rings (SSSR count). The smallest absolute Gasteiger partial charge is 0.169 e. The zero-order valence-electron chi connectivity index (χ0n) is 16.8. The monoisotopic (exact) mass is 454 g/mol. The molecule has 0 unspecified atom stereocenters. The fourth-order valence-corrected chi connectivity index (χ4v) is 4.75. The van der Waals surface area contributed by atoms with E-state index in [-0.39, 0.29) is 11.7 Å². The van der Waals surface area contributed by atoms with Crippen molar-refractivity contribution < 1.29 is 4.79 Å². The maximum atomic E-state index is 12.9. The number of rotatable bonds is 7. The van der Waals surface area contributed by atoms with Crippen LogP contribution in [0.4, 0.5) is 5.69 Å². The maximum absolute atomic E-state index is 12.9. The third kappa shape index (κ3) is 4.79. The molecule has 29 heavy (non-hydrogen) atoms. The molecule has 0 spiro atoms. The molecule has 2 aliphatic rings. The SMILES string of the molecule is CN(CC#N)C[C@H]1CC[C@H](Nc2c(C(=O)C3CC3)cnc3ccc(Br)cc23)CC1.